The van der Waals surface area contributed by atoms with E-state index in [1.165, 1.54) is 4.90 Å². The fraction of sp³-hybridized carbons (Fsp3) is 0.615. The van der Waals surface area contributed by atoms with Gasteiger partial charge in [0.05, 0.1) is 11.9 Å². The molecule has 2 heterocycles. The molecule has 1 aromatic rings. The molecule has 7 nitrogen and oxygen atoms in total. The van der Waals surface area contributed by atoms with Gasteiger partial charge in [-0.1, -0.05) is 6.92 Å². The predicted octanol–water partition coefficient (Wildman–Crippen LogP) is 1.76. The third-order valence-corrected chi connectivity index (χ3v) is 3.93. The van der Waals surface area contributed by atoms with E-state index in [0.29, 0.717) is 38.0 Å². The lowest BCUT2D eigenvalue weighted by Gasteiger charge is -2.33. The lowest BCUT2D eigenvalue weighted by molar-refractivity contribution is -0.148. The minimum absolute atomic E-state index is 0.373. The number of nitrogens with one attached hydrogen (secondary N) is 1. The second-order valence-corrected chi connectivity index (χ2v) is 4.96. The van der Waals surface area contributed by atoms with Crippen molar-refractivity contribution in [2.45, 2.75) is 45.2 Å². The molecule has 2 amide bonds. The number of aromatic nitrogens is 2. The van der Waals surface area contributed by atoms with E-state index in [1.807, 2.05) is 6.92 Å². The smallest absolute Gasteiger partial charge is 0.329 e. The number of aliphatic carboxylic acids is 1. The SMILES string of the molecule is CCn1cc(NC(=O)N2CCCC2(CC)C(=O)O)cn1. The minimum Gasteiger partial charge on any atom is -0.479 e. The van der Waals surface area contributed by atoms with Crippen LogP contribution >= 0.6 is 0 Å². The summed E-state index contributed by atoms with van der Waals surface area (Å²) in [6, 6.07) is -0.373. The Morgan fingerprint density at radius 2 is 2.25 bits per heavy atom. The summed E-state index contributed by atoms with van der Waals surface area (Å²) in [7, 11) is 0. The van der Waals surface area contributed by atoms with Gasteiger partial charge in [-0.15, -0.1) is 0 Å². The summed E-state index contributed by atoms with van der Waals surface area (Å²) in [5.74, 6) is -0.933. The molecule has 1 fully saturated rings. The number of carbonyl (C=O) groups excluding carboxylic acids is 1. The first-order chi connectivity index (χ1) is 9.53. The van der Waals surface area contributed by atoms with Crippen LogP contribution in [0.1, 0.15) is 33.1 Å². The zero-order valence-electron chi connectivity index (χ0n) is 11.8. The second-order valence-electron chi connectivity index (χ2n) is 4.96. The summed E-state index contributed by atoms with van der Waals surface area (Å²) in [5.41, 5.74) is -0.496. The molecule has 0 bridgehead atoms. The lowest BCUT2D eigenvalue weighted by atomic mass is 9.93. The van der Waals surface area contributed by atoms with Gasteiger partial charge in [-0.25, -0.2) is 9.59 Å². The molecule has 0 radical (unpaired) electrons. The van der Waals surface area contributed by atoms with E-state index in [4.69, 9.17) is 0 Å². The Balaban J connectivity index is 2.13. The number of anilines is 1. The number of likely N-dealkylation sites (tertiary alicyclic amines) is 1. The maximum absolute atomic E-state index is 12.3. The first-order valence-corrected chi connectivity index (χ1v) is 6.88. The number of hydrogen-bond donors (Lipinski definition) is 2. The highest BCUT2D eigenvalue weighted by Gasteiger charge is 2.48. The molecular formula is C13H20N4O3. The van der Waals surface area contributed by atoms with Gasteiger partial charge in [0.2, 0.25) is 0 Å². The van der Waals surface area contributed by atoms with Crippen LogP contribution in [0.3, 0.4) is 0 Å². The standard InChI is InChI=1S/C13H20N4O3/c1-3-13(11(18)19)6-5-7-17(13)12(20)15-10-8-14-16(4-2)9-10/h8-9H,3-7H2,1-2H3,(H,15,20)(H,18,19). The first kappa shape index (κ1) is 14.4. The average molecular weight is 280 g/mol. The van der Waals surface area contributed by atoms with Crippen LogP contribution in [-0.2, 0) is 11.3 Å². The van der Waals surface area contributed by atoms with Crippen LogP contribution in [0.25, 0.3) is 0 Å². The van der Waals surface area contributed by atoms with Gasteiger partial charge in [-0.3, -0.25) is 4.68 Å². The Bertz CT molecular complexity index is 513. The number of carboxylic acids is 1. The number of hydrogen-bond acceptors (Lipinski definition) is 3. The molecule has 110 valence electrons. The topological polar surface area (TPSA) is 87.5 Å². The van der Waals surface area contributed by atoms with Gasteiger partial charge < -0.3 is 15.3 Å². The summed E-state index contributed by atoms with van der Waals surface area (Å²) in [6.45, 7) is 4.93. The van der Waals surface area contributed by atoms with E-state index in [2.05, 4.69) is 10.4 Å². The van der Waals surface area contributed by atoms with E-state index in [9.17, 15) is 14.7 Å². The number of urea groups is 1. The maximum atomic E-state index is 12.3. The highest BCUT2D eigenvalue weighted by Crippen LogP contribution is 2.33. The monoisotopic (exact) mass is 280 g/mol. The van der Waals surface area contributed by atoms with Crippen molar-refractivity contribution in [2.75, 3.05) is 11.9 Å². The molecule has 20 heavy (non-hydrogen) atoms. The molecule has 2 rings (SSSR count). The van der Waals surface area contributed by atoms with Crippen LogP contribution in [0.5, 0.6) is 0 Å². The van der Waals surface area contributed by atoms with Gasteiger partial charge in [0, 0.05) is 19.3 Å². The Labute approximate surface area is 117 Å². The third-order valence-electron chi connectivity index (χ3n) is 3.93. The number of carbonyl (C=O) groups is 2. The maximum Gasteiger partial charge on any atom is 0.329 e. The summed E-state index contributed by atoms with van der Waals surface area (Å²) >= 11 is 0. The fourth-order valence-corrected chi connectivity index (χ4v) is 2.71. The Hall–Kier alpha value is -2.05. The highest BCUT2D eigenvalue weighted by molar-refractivity contribution is 5.94. The Morgan fingerprint density at radius 1 is 1.50 bits per heavy atom. The molecule has 0 saturated carbocycles. The van der Waals surface area contributed by atoms with E-state index >= 15 is 0 Å². The zero-order valence-corrected chi connectivity index (χ0v) is 11.8. The number of aryl methyl sites for hydroxylation is 1. The van der Waals surface area contributed by atoms with E-state index < -0.39 is 11.5 Å². The Kier molecular flexibility index (Phi) is 3.96. The number of rotatable bonds is 4. The summed E-state index contributed by atoms with van der Waals surface area (Å²) in [6.07, 6.45) is 4.90. The number of amides is 2. The summed E-state index contributed by atoms with van der Waals surface area (Å²) < 4.78 is 1.70. The lowest BCUT2D eigenvalue weighted by Crippen LogP contribution is -2.54. The van der Waals surface area contributed by atoms with Crippen LogP contribution in [0.2, 0.25) is 0 Å². The molecule has 2 N–H and O–H groups in total. The molecule has 7 heteroatoms. The van der Waals surface area contributed by atoms with Crippen LogP contribution in [-0.4, -0.2) is 43.9 Å². The van der Waals surface area contributed by atoms with Crippen LogP contribution in [0.4, 0.5) is 10.5 Å². The van der Waals surface area contributed by atoms with Crippen molar-refractivity contribution >= 4 is 17.7 Å². The number of nitrogens with zero attached hydrogens (tertiary/aromatic N) is 3. The van der Waals surface area contributed by atoms with E-state index in [-0.39, 0.29) is 6.03 Å². The van der Waals surface area contributed by atoms with Crippen LogP contribution in [0, 0.1) is 0 Å². The van der Waals surface area contributed by atoms with Gasteiger partial charge in [-0.05, 0) is 26.2 Å². The van der Waals surface area contributed by atoms with E-state index in [0.717, 1.165) is 0 Å². The van der Waals surface area contributed by atoms with Crippen molar-refractivity contribution in [3.63, 3.8) is 0 Å². The number of carboxylic acid groups (broad SMARTS) is 1. The molecule has 0 aliphatic carbocycles. The van der Waals surface area contributed by atoms with Gasteiger partial charge in [0.25, 0.3) is 0 Å². The summed E-state index contributed by atoms with van der Waals surface area (Å²) in [5, 5.41) is 16.2. The molecule has 1 aromatic heterocycles. The van der Waals surface area contributed by atoms with Crippen LogP contribution in [0.15, 0.2) is 12.4 Å². The zero-order chi connectivity index (χ0) is 14.8. The van der Waals surface area contributed by atoms with Gasteiger partial charge >= 0.3 is 12.0 Å². The molecule has 1 aliphatic heterocycles. The van der Waals surface area contributed by atoms with Crippen LogP contribution < -0.4 is 5.32 Å². The van der Waals surface area contributed by atoms with Crippen molar-refractivity contribution in [1.82, 2.24) is 14.7 Å². The molecular weight excluding hydrogens is 260 g/mol. The molecule has 0 spiro atoms. The van der Waals surface area contributed by atoms with Crippen molar-refractivity contribution in [3.8, 4) is 0 Å². The average Bonchev–Trinajstić information content (AvgIpc) is 3.04. The highest BCUT2D eigenvalue weighted by atomic mass is 16.4. The predicted molar refractivity (Wildman–Crippen MR) is 73.5 cm³/mol. The largest absolute Gasteiger partial charge is 0.479 e. The van der Waals surface area contributed by atoms with Crippen molar-refractivity contribution in [3.05, 3.63) is 12.4 Å². The first-order valence-electron chi connectivity index (χ1n) is 6.88. The quantitative estimate of drug-likeness (QED) is 0.879. The minimum atomic E-state index is -1.08. The fourth-order valence-electron chi connectivity index (χ4n) is 2.71. The van der Waals surface area contributed by atoms with Gasteiger partial charge in [0.1, 0.15) is 5.54 Å². The molecule has 1 saturated heterocycles. The van der Waals surface area contributed by atoms with Crippen molar-refractivity contribution < 1.29 is 14.7 Å². The second kappa shape index (κ2) is 5.52. The van der Waals surface area contributed by atoms with Crippen molar-refractivity contribution in [1.29, 1.82) is 0 Å². The third kappa shape index (κ3) is 2.35. The Morgan fingerprint density at radius 3 is 2.80 bits per heavy atom. The van der Waals surface area contributed by atoms with E-state index in [1.54, 1.807) is 24.0 Å². The molecule has 0 aromatic carbocycles. The van der Waals surface area contributed by atoms with Gasteiger partial charge in [-0.2, -0.15) is 5.10 Å². The van der Waals surface area contributed by atoms with Gasteiger partial charge in [0.15, 0.2) is 0 Å². The summed E-state index contributed by atoms with van der Waals surface area (Å²) in [4.78, 5) is 25.3. The molecule has 1 unspecified atom stereocenters. The normalized spacial score (nSPS) is 22.0. The molecule has 1 aliphatic rings. The molecule has 1 atom stereocenters. The van der Waals surface area contributed by atoms with Crippen molar-refractivity contribution in [2.24, 2.45) is 0 Å².